The molecule has 1 unspecified atom stereocenters. The van der Waals surface area contributed by atoms with Gasteiger partial charge >= 0.3 is 0 Å². The first-order valence-corrected chi connectivity index (χ1v) is 11.4. The molecule has 2 amide bonds. The number of hydrogen-bond donors (Lipinski definition) is 1. The van der Waals surface area contributed by atoms with E-state index < -0.39 is 11.3 Å². The van der Waals surface area contributed by atoms with E-state index in [2.05, 4.69) is 42.0 Å². The Morgan fingerprint density at radius 3 is 2.44 bits per heavy atom. The van der Waals surface area contributed by atoms with Crippen LogP contribution in [0.2, 0.25) is 0 Å². The number of primary amides is 1. The summed E-state index contributed by atoms with van der Waals surface area (Å²) in [6.07, 6.45) is 4.71. The predicted octanol–water partition coefficient (Wildman–Crippen LogP) is 2.96. The molecule has 2 N–H and O–H groups in total. The van der Waals surface area contributed by atoms with Gasteiger partial charge in [-0.3, -0.25) is 9.59 Å². The van der Waals surface area contributed by atoms with Crippen LogP contribution >= 0.6 is 0 Å². The molecule has 4 rings (SSSR count). The molecule has 2 aliphatic rings. The van der Waals surface area contributed by atoms with E-state index >= 15 is 0 Å². The number of hydrogen-bond acceptors (Lipinski definition) is 5. The molecule has 0 saturated carbocycles. The zero-order chi connectivity index (χ0) is 22.9. The first kappa shape index (κ1) is 22.4. The minimum atomic E-state index is -0.552. The highest BCUT2D eigenvalue weighted by Crippen LogP contribution is 2.39. The van der Waals surface area contributed by atoms with Crippen molar-refractivity contribution in [2.45, 2.75) is 57.8 Å². The second kappa shape index (κ2) is 8.98. The number of rotatable bonds is 4. The van der Waals surface area contributed by atoms with Crippen LogP contribution in [0.3, 0.4) is 0 Å². The van der Waals surface area contributed by atoms with Crippen molar-refractivity contribution in [2.75, 3.05) is 26.3 Å². The molecule has 2 aliphatic heterocycles. The van der Waals surface area contributed by atoms with E-state index in [1.807, 2.05) is 4.90 Å². The summed E-state index contributed by atoms with van der Waals surface area (Å²) in [6.45, 7) is 8.44. The van der Waals surface area contributed by atoms with Crippen LogP contribution in [0, 0.1) is 20.8 Å². The van der Waals surface area contributed by atoms with Crippen molar-refractivity contribution in [1.29, 1.82) is 0 Å². The zero-order valence-electron chi connectivity index (χ0n) is 19.2. The highest BCUT2D eigenvalue weighted by atomic mass is 16.5. The fourth-order valence-corrected chi connectivity index (χ4v) is 5.20. The van der Waals surface area contributed by atoms with Crippen molar-refractivity contribution >= 4 is 11.8 Å². The van der Waals surface area contributed by atoms with E-state index in [9.17, 15) is 9.59 Å². The summed E-state index contributed by atoms with van der Waals surface area (Å²) in [5.74, 6) is 0.382. The summed E-state index contributed by atoms with van der Waals surface area (Å²) in [5.41, 5.74) is 9.22. The molecule has 0 bridgehead atoms. The normalized spacial score (nSPS) is 20.7. The smallest absolute Gasteiger partial charge is 0.252 e. The van der Waals surface area contributed by atoms with Crippen LogP contribution in [0.25, 0.3) is 0 Å². The van der Waals surface area contributed by atoms with Crippen molar-refractivity contribution < 1.29 is 14.3 Å². The lowest BCUT2D eigenvalue weighted by Crippen LogP contribution is -2.52. The summed E-state index contributed by atoms with van der Waals surface area (Å²) >= 11 is 0. The Morgan fingerprint density at radius 2 is 1.81 bits per heavy atom. The van der Waals surface area contributed by atoms with Gasteiger partial charge in [0.05, 0.1) is 16.7 Å². The molecule has 1 atom stereocenters. The van der Waals surface area contributed by atoms with Crippen LogP contribution in [0.5, 0.6) is 0 Å². The molecule has 0 spiro atoms. The maximum absolute atomic E-state index is 14.1. The average molecular weight is 437 g/mol. The molecule has 0 radical (unpaired) electrons. The third kappa shape index (κ3) is 4.26. The maximum atomic E-state index is 14.1. The Balaban J connectivity index is 1.62. The zero-order valence-corrected chi connectivity index (χ0v) is 19.2. The number of ether oxygens (including phenoxy) is 1. The van der Waals surface area contributed by atoms with E-state index in [1.165, 1.54) is 17.3 Å². The van der Waals surface area contributed by atoms with E-state index in [-0.39, 0.29) is 11.8 Å². The molecule has 2 aromatic rings. The first-order valence-electron chi connectivity index (χ1n) is 11.4. The van der Waals surface area contributed by atoms with Crippen molar-refractivity contribution in [3.05, 3.63) is 58.2 Å². The van der Waals surface area contributed by atoms with Crippen LogP contribution in [0.15, 0.2) is 24.4 Å². The summed E-state index contributed by atoms with van der Waals surface area (Å²) < 4.78 is 5.65. The van der Waals surface area contributed by atoms with Gasteiger partial charge in [-0.05, 0) is 52.0 Å². The number of amides is 2. The van der Waals surface area contributed by atoms with Crippen molar-refractivity contribution in [3.63, 3.8) is 0 Å². The molecule has 1 aromatic heterocycles. The van der Waals surface area contributed by atoms with Crippen molar-refractivity contribution in [3.8, 4) is 0 Å². The number of likely N-dealkylation sites (tertiary alicyclic amines) is 1. The maximum Gasteiger partial charge on any atom is 0.252 e. The number of aromatic nitrogens is 2. The third-order valence-electron chi connectivity index (χ3n) is 6.87. The van der Waals surface area contributed by atoms with Crippen LogP contribution in [-0.2, 0) is 14.9 Å². The fourth-order valence-electron chi connectivity index (χ4n) is 5.20. The minimum Gasteiger partial charge on any atom is -0.381 e. The highest BCUT2D eigenvalue weighted by molar-refractivity contribution is 5.93. The topological polar surface area (TPSA) is 98.4 Å². The van der Waals surface area contributed by atoms with Crippen molar-refractivity contribution in [2.24, 2.45) is 5.73 Å². The Hall–Kier alpha value is -2.80. The summed E-state index contributed by atoms with van der Waals surface area (Å²) in [7, 11) is 0. The van der Waals surface area contributed by atoms with Crippen LogP contribution in [0.1, 0.15) is 70.2 Å². The van der Waals surface area contributed by atoms with Gasteiger partial charge in [-0.1, -0.05) is 29.3 Å². The standard InChI is InChI=1S/C25H32N4O3/c1-16-11-17(2)13-20(12-16)25(6-9-32-10-7-25)24(31)29-8-4-5-19(15-29)23-27-14-21(22(26)30)18(3)28-23/h11-14,19H,4-10,15H2,1-3H3,(H2,26,30). The number of benzene rings is 1. The Kier molecular flexibility index (Phi) is 6.29. The molecular formula is C25H32N4O3. The van der Waals surface area contributed by atoms with Crippen LogP contribution in [-0.4, -0.2) is 53.0 Å². The van der Waals surface area contributed by atoms with Gasteiger partial charge in [0.15, 0.2) is 0 Å². The van der Waals surface area contributed by atoms with Crippen LogP contribution in [0.4, 0.5) is 0 Å². The van der Waals surface area contributed by atoms with Crippen LogP contribution < -0.4 is 5.73 Å². The van der Waals surface area contributed by atoms with Gasteiger partial charge in [0, 0.05) is 38.4 Å². The predicted molar refractivity (Wildman–Crippen MR) is 121 cm³/mol. The lowest BCUT2D eigenvalue weighted by molar-refractivity contribution is -0.142. The SMILES string of the molecule is Cc1cc(C)cc(C2(C(=O)N3CCCC(c4ncc(C(N)=O)c(C)n4)C3)CCOCC2)c1. The molecule has 2 saturated heterocycles. The van der Waals surface area contributed by atoms with E-state index in [0.717, 1.165) is 24.9 Å². The molecule has 3 heterocycles. The number of carbonyl (C=O) groups is 2. The van der Waals surface area contributed by atoms with Gasteiger partial charge < -0.3 is 15.4 Å². The second-order valence-corrected chi connectivity index (χ2v) is 9.25. The van der Waals surface area contributed by atoms with E-state index in [0.29, 0.717) is 49.7 Å². The lowest BCUT2D eigenvalue weighted by atomic mass is 9.72. The monoisotopic (exact) mass is 436 g/mol. The van der Waals surface area contributed by atoms with E-state index in [1.54, 1.807) is 6.92 Å². The quantitative estimate of drug-likeness (QED) is 0.795. The molecule has 1 aromatic carbocycles. The molecule has 170 valence electrons. The largest absolute Gasteiger partial charge is 0.381 e. The Bertz CT molecular complexity index is 1010. The molecule has 7 heteroatoms. The molecule has 32 heavy (non-hydrogen) atoms. The number of carbonyl (C=O) groups excluding carboxylic acids is 2. The van der Waals surface area contributed by atoms with Gasteiger partial charge in [-0.25, -0.2) is 9.97 Å². The molecule has 0 aliphatic carbocycles. The molecule has 2 fully saturated rings. The highest BCUT2D eigenvalue weighted by Gasteiger charge is 2.45. The minimum absolute atomic E-state index is 0.0458. The first-order chi connectivity index (χ1) is 15.3. The second-order valence-electron chi connectivity index (χ2n) is 9.25. The average Bonchev–Trinajstić information content (AvgIpc) is 2.78. The number of nitrogens with zero attached hydrogens (tertiary/aromatic N) is 3. The van der Waals surface area contributed by atoms with Gasteiger partial charge in [-0.15, -0.1) is 0 Å². The molecular weight excluding hydrogens is 404 g/mol. The summed E-state index contributed by atoms with van der Waals surface area (Å²) in [4.78, 5) is 36.5. The molecule has 7 nitrogen and oxygen atoms in total. The Morgan fingerprint density at radius 1 is 1.12 bits per heavy atom. The number of aryl methyl sites for hydroxylation is 3. The van der Waals surface area contributed by atoms with E-state index in [4.69, 9.17) is 10.5 Å². The Labute approximate surface area is 189 Å². The van der Waals surface area contributed by atoms with Crippen molar-refractivity contribution in [1.82, 2.24) is 14.9 Å². The summed E-state index contributed by atoms with van der Waals surface area (Å²) in [5, 5.41) is 0. The number of piperidine rings is 1. The van der Waals surface area contributed by atoms with Gasteiger partial charge in [0.2, 0.25) is 5.91 Å². The van der Waals surface area contributed by atoms with Gasteiger partial charge in [0.1, 0.15) is 5.82 Å². The van der Waals surface area contributed by atoms with Gasteiger partial charge in [-0.2, -0.15) is 0 Å². The summed E-state index contributed by atoms with van der Waals surface area (Å²) in [6, 6.07) is 6.46. The fraction of sp³-hybridized carbons (Fsp3) is 0.520. The lowest BCUT2D eigenvalue weighted by Gasteiger charge is -2.42. The number of nitrogens with two attached hydrogens (primary N) is 1. The van der Waals surface area contributed by atoms with Gasteiger partial charge in [0.25, 0.3) is 5.91 Å². The third-order valence-corrected chi connectivity index (χ3v) is 6.87.